The molecule has 0 fully saturated rings. The summed E-state index contributed by atoms with van der Waals surface area (Å²) in [7, 11) is 0. The number of ketones is 5. The van der Waals surface area contributed by atoms with E-state index in [-0.39, 0.29) is 141 Å². The highest BCUT2D eigenvalue weighted by Crippen LogP contribution is 2.25. The second kappa shape index (κ2) is 47.1. The summed E-state index contributed by atoms with van der Waals surface area (Å²) in [6.45, 7) is 25.3. The van der Waals surface area contributed by atoms with Gasteiger partial charge in [-0.05, 0) is 134 Å². The van der Waals surface area contributed by atoms with Crippen LogP contribution in [-0.2, 0) is 80.0 Å². The molecule has 5 aromatic carbocycles. The van der Waals surface area contributed by atoms with Crippen molar-refractivity contribution >= 4 is 74.4 Å². The molecule has 0 bridgehead atoms. The maximum atomic E-state index is 13.7. The molecule has 98 heavy (non-hydrogen) atoms. The van der Waals surface area contributed by atoms with Gasteiger partial charge in [-0.3, -0.25) is 47.9 Å². The van der Waals surface area contributed by atoms with Gasteiger partial charge >= 0.3 is 0 Å². The van der Waals surface area contributed by atoms with Crippen molar-refractivity contribution in [2.75, 3.05) is 0 Å². The van der Waals surface area contributed by atoms with E-state index >= 15 is 0 Å². The zero-order valence-corrected chi connectivity index (χ0v) is 60.9. The molecule has 0 saturated carbocycles. The van der Waals surface area contributed by atoms with E-state index in [2.05, 4.69) is 15.9 Å². The molecule has 19 heteroatoms. The Morgan fingerprint density at radius 3 is 0.949 bits per heavy atom. The van der Waals surface area contributed by atoms with Crippen LogP contribution < -0.4 is 28.7 Å². The van der Waals surface area contributed by atoms with Crippen molar-refractivity contribution in [2.45, 2.75) is 200 Å². The molecular weight excluding hydrogens is 1320 g/mol. The Morgan fingerprint density at radius 1 is 0.378 bits per heavy atom. The molecule has 0 unspecified atom stereocenters. The van der Waals surface area contributed by atoms with Gasteiger partial charge in [0.15, 0.2) is 0 Å². The summed E-state index contributed by atoms with van der Waals surface area (Å²) in [5.41, 5.74) is 33.7. The molecule has 0 saturated heterocycles. The van der Waals surface area contributed by atoms with Crippen molar-refractivity contribution in [3.05, 3.63) is 175 Å². The van der Waals surface area contributed by atoms with Crippen molar-refractivity contribution in [2.24, 2.45) is 81.9 Å². The number of nitrogens with two attached hydrogens (primary N) is 5. The minimum absolute atomic E-state index is 0. The van der Waals surface area contributed by atoms with Crippen LogP contribution in [0.2, 0.25) is 0 Å². The van der Waals surface area contributed by atoms with E-state index in [1.165, 1.54) is 29.3 Å². The lowest BCUT2D eigenvalue weighted by Gasteiger charge is -2.18. The molecule has 540 valence electrons. The van der Waals surface area contributed by atoms with Crippen molar-refractivity contribution in [3.63, 3.8) is 0 Å². The van der Waals surface area contributed by atoms with E-state index < -0.39 is 41.3 Å². The summed E-state index contributed by atoms with van der Waals surface area (Å²) in [6.07, 6.45) is 5.77. The Bertz CT molecular complexity index is 3370. The standard InChI is InChI=1S/C16H22FNO2.2C16H23NO2.C15H19BrFNO2.C15H20FNO2.CH4/c1-4-11(3)14(16(18)20)9-13(19)8-12-6-5-10(2)7-15(12)17;1-11(2)8-14(16(17)19)10-15(18)9-13-6-4-12(3)5-7-13;1-4-12(3)15(16(17)19)10-14(18)9-13-7-5-11(2)6-8-13;1-9(2)5-11(15(18)20)7-13(19)6-10-3-4-12(16)8-14(10)17;1-3-4-12(15(17)19)9-13(18)8-11-6-5-10(2)7-14(11)16;/h5-7,11,14H,4,8-9H2,1-3H3,(H2,18,20);4-7,11,14H,8-10H2,1-3H3,(H2,17,19);5-8,12,15H,4,9-10H2,1-3H3,(H2,17,19);3-4,8-9,11H,5-7H2,1-2H3,(H2,18,20);5-7,12H,3-4,8-9H2,1-2H3,(H2,17,19);1H4/t11-,14-;14-;12-,15-;11-;12-;/m01011./s1. The van der Waals surface area contributed by atoms with E-state index in [4.69, 9.17) is 28.7 Å². The molecule has 0 heterocycles. The van der Waals surface area contributed by atoms with Crippen LogP contribution in [0.5, 0.6) is 0 Å². The van der Waals surface area contributed by atoms with Gasteiger partial charge in [-0.2, -0.15) is 0 Å². The van der Waals surface area contributed by atoms with Crippen molar-refractivity contribution in [1.82, 2.24) is 0 Å². The number of carbonyl (C=O) groups is 10. The van der Waals surface area contributed by atoms with E-state index in [1.54, 1.807) is 50.2 Å². The van der Waals surface area contributed by atoms with Crippen LogP contribution in [0.15, 0.2) is 108 Å². The highest BCUT2D eigenvalue weighted by molar-refractivity contribution is 9.10. The highest BCUT2D eigenvalue weighted by atomic mass is 79.9. The predicted octanol–water partition coefficient (Wildman–Crippen LogP) is 14.5. The molecule has 5 rings (SSSR count). The van der Waals surface area contributed by atoms with Crippen LogP contribution in [0, 0.1) is 98.4 Å². The maximum absolute atomic E-state index is 13.7. The van der Waals surface area contributed by atoms with Gasteiger partial charge in [-0.15, -0.1) is 0 Å². The zero-order chi connectivity index (χ0) is 73.8. The Kier molecular flexibility index (Phi) is 43.3. The first-order chi connectivity index (χ1) is 45.4. The van der Waals surface area contributed by atoms with Crippen molar-refractivity contribution < 1.29 is 61.1 Å². The fourth-order valence-corrected chi connectivity index (χ4v) is 10.9. The van der Waals surface area contributed by atoms with Crippen LogP contribution in [-0.4, -0.2) is 58.5 Å². The molecule has 0 aromatic heterocycles. The first-order valence-electron chi connectivity index (χ1n) is 33.5. The van der Waals surface area contributed by atoms with Gasteiger partial charge in [-0.1, -0.05) is 195 Å². The molecule has 0 spiro atoms. The topological polar surface area (TPSA) is 301 Å². The fraction of sp³-hybridized carbons (Fsp3) is 0.494. The summed E-state index contributed by atoms with van der Waals surface area (Å²) in [4.78, 5) is 116. The third kappa shape index (κ3) is 37.1. The van der Waals surface area contributed by atoms with E-state index in [0.29, 0.717) is 59.2 Å². The minimum atomic E-state index is -0.471. The number of hydrogen-bond acceptors (Lipinski definition) is 10. The zero-order valence-electron chi connectivity index (χ0n) is 59.3. The van der Waals surface area contributed by atoms with Crippen LogP contribution in [0.4, 0.5) is 13.2 Å². The summed E-state index contributed by atoms with van der Waals surface area (Å²) in [5, 5.41) is 0. The number of primary amides is 5. The Balaban J connectivity index is 0.00000120. The number of benzene rings is 5. The molecule has 0 aliphatic rings. The molecule has 15 nitrogen and oxygen atoms in total. The van der Waals surface area contributed by atoms with Crippen molar-refractivity contribution in [3.8, 4) is 0 Å². The first-order valence-corrected chi connectivity index (χ1v) is 34.3. The predicted molar refractivity (Wildman–Crippen MR) is 388 cm³/mol. The average Bonchev–Trinajstić information content (AvgIpc) is 0.912. The highest BCUT2D eigenvalue weighted by Gasteiger charge is 2.28. The van der Waals surface area contributed by atoms with E-state index in [0.717, 1.165) is 41.5 Å². The second-order valence-corrected chi connectivity index (χ2v) is 27.5. The average molecular weight is 1430 g/mol. The van der Waals surface area contributed by atoms with Gasteiger partial charge in [0.1, 0.15) is 46.4 Å². The van der Waals surface area contributed by atoms with Crippen LogP contribution in [0.3, 0.4) is 0 Å². The fourth-order valence-electron chi connectivity index (χ4n) is 10.6. The molecule has 5 aromatic rings. The molecule has 10 N–H and O–H groups in total. The summed E-state index contributed by atoms with van der Waals surface area (Å²) < 4.78 is 41.6. The Morgan fingerprint density at radius 2 is 0.663 bits per heavy atom. The quantitative estimate of drug-likeness (QED) is 0.0255. The van der Waals surface area contributed by atoms with Crippen LogP contribution >= 0.6 is 15.9 Å². The van der Waals surface area contributed by atoms with Gasteiger partial charge in [0.25, 0.3) is 0 Å². The van der Waals surface area contributed by atoms with E-state index in [9.17, 15) is 61.1 Å². The third-order valence-corrected chi connectivity index (χ3v) is 17.2. The number of aryl methyl sites for hydroxylation is 4. The maximum Gasteiger partial charge on any atom is 0.221 e. The van der Waals surface area contributed by atoms with E-state index in [1.807, 2.05) is 125 Å². The molecule has 7 atom stereocenters. The number of hydrogen-bond donors (Lipinski definition) is 5. The van der Waals surface area contributed by atoms with Gasteiger partial charge in [-0.25, -0.2) is 13.2 Å². The van der Waals surface area contributed by atoms with Gasteiger partial charge in [0.05, 0.1) is 0 Å². The molecule has 0 radical (unpaired) electrons. The summed E-state index contributed by atoms with van der Waals surface area (Å²) >= 11 is 3.16. The summed E-state index contributed by atoms with van der Waals surface area (Å²) in [5.74, 6) is -4.84. The van der Waals surface area contributed by atoms with Crippen LogP contribution in [0.25, 0.3) is 0 Å². The number of rotatable bonds is 35. The molecule has 0 aliphatic heterocycles. The van der Waals surface area contributed by atoms with Gasteiger partial charge in [0, 0.05) is 98.3 Å². The first kappa shape index (κ1) is 90.1. The lowest BCUT2D eigenvalue weighted by Crippen LogP contribution is -2.31. The summed E-state index contributed by atoms with van der Waals surface area (Å²) in [6, 6.07) is 29.9. The SMILES string of the molecule is C.CC(C)C[C@H](CC(=O)Cc1ccc(Br)cc1F)C(N)=O.CCC[C@H](CC(=O)Cc1ccc(C)cc1F)C(N)=O.CC[C@H](C)[C@H](CC(=O)Cc1ccc(C)cc1)C(N)=O.CC[C@H](C)[C@H](CC(=O)Cc1ccc(C)cc1F)C(N)=O.Cc1ccc(CC(=O)C[C@@H](CC(C)C)C(N)=O)cc1. The molecule has 0 aliphatic carbocycles. The number of carbonyl (C=O) groups excluding carboxylic acids is 10. The van der Waals surface area contributed by atoms with Crippen LogP contribution in [0.1, 0.15) is 190 Å². The monoisotopic (exact) mass is 1430 g/mol. The number of amides is 5. The third-order valence-electron chi connectivity index (χ3n) is 16.7. The Labute approximate surface area is 589 Å². The van der Waals surface area contributed by atoms with Gasteiger partial charge in [0.2, 0.25) is 29.5 Å². The molecular formula is C79H111BrF3N5O10. The lowest BCUT2D eigenvalue weighted by molar-refractivity contribution is -0.128. The smallest absolute Gasteiger partial charge is 0.221 e. The molecule has 5 amide bonds. The lowest BCUT2D eigenvalue weighted by atomic mass is 9.86. The second-order valence-electron chi connectivity index (χ2n) is 26.6. The Hall–Kier alpha value is -7.93. The minimum Gasteiger partial charge on any atom is -0.369 e. The normalized spacial score (nSPS) is 12.8. The number of halogens is 4. The number of Topliss-reactive ketones (excluding diaryl/α,β-unsaturated/α-hetero) is 5. The van der Waals surface area contributed by atoms with Gasteiger partial charge < -0.3 is 28.7 Å². The van der Waals surface area contributed by atoms with Crippen molar-refractivity contribution in [1.29, 1.82) is 0 Å². The largest absolute Gasteiger partial charge is 0.369 e.